The number of thiazole rings is 1. The van der Waals surface area contributed by atoms with E-state index in [0.717, 1.165) is 39.2 Å². The topological polar surface area (TPSA) is 80.7 Å². The van der Waals surface area contributed by atoms with Gasteiger partial charge in [-0.1, -0.05) is 56.8 Å². The Morgan fingerprint density at radius 3 is 2.66 bits per heavy atom. The van der Waals surface area contributed by atoms with E-state index in [1.54, 1.807) is 6.07 Å². The first-order valence-electron chi connectivity index (χ1n) is 9.40. The number of rotatable bonds is 5. The molecule has 6 nitrogen and oxygen atoms in total. The van der Waals surface area contributed by atoms with Crippen LogP contribution in [0.1, 0.15) is 38.3 Å². The minimum Gasteiger partial charge on any atom is -0.507 e. The predicted molar refractivity (Wildman–Crippen MR) is 128 cm³/mol. The van der Waals surface area contributed by atoms with Gasteiger partial charge < -0.3 is 15.0 Å². The fraction of sp³-hybridized carbons (Fsp3) is 0.286. The van der Waals surface area contributed by atoms with E-state index in [2.05, 4.69) is 29.4 Å². The second-order valence-corrected chi connectivity index (χ2v) is 7.60. The molecule has 0 fully saturated rings. The van der Waals surface area contributed by atoms with Crippen LogP contribution in [0.4, 0.5) is 5.69 Å². The molecule has 1 aromatic heterocycles. The number of benzene rings is 2. The molecule has 0 aliphatic heterocycles. The van der Waals surface area contributed by atoms with Crippen molar-refractivity contribution in [3.8, 4) is 5.75 Å². The summed E-state index contributed by atoms with van der Waals surface area (Å²) in [5, 5.41) is 14.7. The molecule has 0 spiro atoms. The average molecular weight is 431 g/mol. The van der Waals surface area contributed by atoms with Crippen LogP contribution in [-0.2, 0) is 6.42 Å². The van der Waals surface area contributed by atoms with Crippen molar-refractivity contribution in [2.45, 2.75) is 33.6 Å². The summed E-state index contributed by atoms with van der Waals surface area (Å²) in [5.74, 6) is 0.646. The molecule has 0 unspecified atom stereocenters. The number of anilines is 1. The number of fused-ring (bicyclic) bond motifs is 1. The number of nitrogens with one attached hydrogen (secondary N) is 2. The summed E-state index contributed by atoms with van der Waals surface area (Å²) in [5.41, 5.74) is 7.28. The van der Waals surface area contributed by atoms with E-state index in [1.165, 1.54) is 11.9 Å². The molecule has 8 heteroatoms. The van der Waals surface area contributed by atoms with Crippen molar-refractivity contribution in [2.24, 2.45) is 5.10 Å². The molecule has 3 rings (SSSR count). The van der Waals surface area contributed by atoms with E-state index in [-0.39, 0.29) is 10.6 Å². The van der Waals surface area contributed by atoms with Gasteiger partial charge in [-0.25, -0.2) is 0 Å². The summed E-state index contributed by atoms with van der Waals surface area (Å²) in [4.78, 5) is 16.1. The largest absolute Gasteiger partial charge is 0.507 e. The number of hydrogen-bond acceptors (Lipinski definition) is 5. The van der Waals surface area contributed by atoms with Gasteiger partial charge in [-0.3, -0.25) is 10.2 Å². The fourth-order valence-electron chi connectivity index (χ4n) is 2.65. The molecule has 29 heavy (non-hydrogen) atoms. The third kappa shape index (κ3) is 5.65. The maximum absolute atomic E-state index is 11.5. The molecule has 1 heterocycles. The van der Waals surface area contributed by atoms with Gasteiger partial charge in [0.1, 0.15) is 5.75 Å². The zero-order valence-electron chi connectivity index (χ0n) is 17.0. The van der Waals surface area contributed by atoms with Crippen LogP contribution in [0.15, 0.2) is 46.3 Å². The van der Waals surface area contributed by atoms with Gasteiger partial charge in [-0.2, -0.15) is 5.10 Å². The number of aryl methyl sites for hydroxylation is 1. The molecule has 3 N–H and O–H groups in total. The van der Waals surface area contributed by atoms with Crippen molar-refractivity contribution in [1.82, 2.24) is 10.4 Å². The van der Waals surface area contributed by atoms with Gasteiger partial charge in [-0.15, -0.1) is 0 Å². The fourth-order valence-corrected chi connectivity index (χ4v) is 3.47. The Balaban J connectivity index is 0.000000941. The lowest BCUT2D eigenvalue weighted by Crippen LogP contribution is -2.29. The Morgan fingerprint density at radius 1 is 1.28 bits per heavy atom. The molecule has 2 aromatic carbocycles. The van der Waals surface area contributed by atoms with Crippen molar-refractivity contribution in [3.63, 3.8) is 0 Å². The summed E-state index contributed by atoms with van der Waals surface area (Å²) in [6.45, 7) is 6.30. The average Bonchev–Trinajstić information content (AvgIpc) is 3.09. The molecular weight excluding hydrogens is 404 g/mol. The zero-order chi connectivity index (χ0) is 21.4. The molecule has 0 amide bonds. The van der Waals surface area contributed by atoms with Gasteiger partial charge in [-0.05, 0) is 42.3 Å². The van der Waals surface area contributed by atoms with Crippen molar-refractivity contribution >= 4 is 50.8 Å². The van der Waals surface area contributed by atoms with E-state index in [9.17, 15) is 9.90 Å². The molecule has 0 radical (unpaired) electrons. The van der Waals surface area contributed by atoms with Crippen LogP contribution in [-0.4, -0.2) is 28.5 Å². The summed E-state index contributed by atoms with van der Waals surface area (Å²) in [6.07, 6.45) is 2.09. The van der Waals surface area contributed by atoms with Crippen molar-refractivity contribution in [3.05, 3.63) is 57.2 Å². The van der Waals surface area contributed by atoms with Crippen LogP contribution >= 0.6 is 23.6 Å². The molecule has 0 saturated carbocycles. The van der Waals surface area contributed by atoms with Gasteiger partial charge >= 0.3 is 4.87 Å². The second-order valence-electron chi connectivity index (χ2n) is 6.35. The highest BCUT2D eigenvalue weighted by Crippen LogP contribution is 2.26. The maximum Gasteiger partial charge on any atom is 0.305 e. The number of thiocarbonyl (C=S) groups is 1. The molecule has 0 saturated heterocycles. The van der Waals surface area contributed by atoms with Gasteiger partial charge in [0.25, 0.3) is 0 Å². The summed E-state index contributed by atoms with van der Waals surface area (Å²) in [6, 6.07) is 11.1. The first-order valence-corrected chi connectivity index (χ1v) is 10.7. The van der Waals surface area contributed by atoms with Gasteiger partial charge in [0, 0.05) is 12.7 Å². The third-order valence-corrected chi connectivity index (χ3v) is 4.99. The zero-order valence-corrected chi connectivity index (χ0v) is 18.7. The highest BCUT2D eigenvalue weighted by molar-refractivity contribution is 7.78. The number of nitrogens with zero attached hydrogens (tertiary/aromatic N) is 2. The Bertz CT molecular complexity index is 1060. The smallest absolute Gasteiger partial charge is 0.305 e. The van der Waals surface area contributed by atoms with Crippen LogP contribution < -0.4 is 15.2 Å². The quantitative estimate of drug-likeness (QED) is 0.238. The number of aromatic hydroxyl groups is 1. The minimum atomic E-state index is -0.0932. The Morgan fingerprint density at radius 2 is 2.00 bits per heavy atom. The van der Waals surface area contributed by atoms with Crippen LogP contribution in [0.5, 0.6) is 5.75 Å². The van der Waals surface area contributed by atoms with E-state index < -0.39 is 0 Å². The van der Waals surface area contributed by atoms with Gasteiger partial charge in [0.05, 0.1) is 21.3 Å². The maximum atomic E-state index is 11.5. The van der Waals surface area contributed by atoms with Gasteiger partial charge in [0.2, 0.25) is 0 Å². The van der Waals surface area contributed by atoms with Crippen LogP contribution in [0.3, 0.4) is 0 Å². The van der Waals surface area contributed by atoms with Crippen molar-refractivity contribution in [1.29, 1.82) is 0 Å². The normalized spacial score (nSPS) is 11.0. The number of H-pyrrole nitrogens is 1. The van der Waals surface area contributed by atoms with E-state index >= 15 is 0 Å². The molecule has 154 valence electrons. The molecule has 3 aromatic rings. The summed E-state index contributed by atoms with van der Waals surface area (Å²) >= 11 is 5.96. The van der Waals surface area contributed by atoms with Crippen molar-refractivity contribution in [2.75, 3.05) is 11.9 Å². The molecule has 0 atom stereocenters. The number of aromatic amines is 1. The Kier molecular flexibility index (Phi) is 8.35. The third-order valence-electron chi connectivity index (χ3n) is 4.04. The lowest BCUT2D eigenvalue weighted by atomic mass is 10.1. The molecular formula is C21H26N4O2S2. The molecule has 0 bridgehead atoms. The first-order chi connectivity index (χ1) is 13.9. The van der Waals surface area contributed by atoms with Crippen LogP contribution in [0.2, 0.25) is 0 Å². The summed E-state index contributed by atoms with van der Waals surface area (Å²) in [7, 11) is 1.85. The standard InChI is InChI=1S/C18H18N4O2S2.C3H8/c1-3-11-4-7-15(23)13(8-11)17(21-19-10-25)22(2)12-5-6-14-16(9-12)26-18(24)20-14;1-3-2/h4-10,23H,3H2,1-2H3,(H,19,25)(H,20,24);3H2,1-2H3/b21-17-;. The van der Waals surface area contributed by atoms with Crippen LogP contribution in [0, 0.1) is 0 Å². The first kappa shape index (κ1) is 22.6. The lowest BCUT2D eigenvalue weighted by Gasteiger charge is -2.22. The number of hydrogen-bond donors (Lipinski definition) is 3. The highest BCUT2D eigenvalue weighted by Gasteiger charge is 2.17. The summed E-state index contributed by atoms with van der Waals surface area (Å²) < 4.78 is 0.855. The number of hydrazone groups is 1. The number of phenols is 1. The highest BCUT2D eigenvalue weighted by atomic mass is 32.1. The number of amidine groups is 1. The van der Waals surface area contributed by atoms with E-state index in [1.807, 2.05) is 49.2 Å². The molecule has 0 aliphatic carbocycles. The number of phenolic OH excluding ortho intramolecular Hbond substituents is 1. The predicted octanol–water partition coefficient (Wildman–Crippen LogP) is 4.62. The number of aromatic nitrogens is 1. The second kappa shape index (κ2) is 10.7. The lowest BCUT2D eigenvalue weighted by molar-refractivity contribution is 0.473. The minimum absolute atomic E-state index is 0.0932. The molecule has 0 aliphatic rings. The monoisotopic (exact) mass is 430 g/mol. The van der Waals surface area contributed by atoms with Crippen molar-refractivity contribution < 1.29 is 5.11 Å². The van der Waals surface area contributed by atoms with Crippen LogP contribution in [0.25, 0.3) is 10.2 Å². The Hall–Kier alpha value is -2.71. The van der Waals surface area contributed by atoms with Gasteiger partial charge in [0.15, 0.2) is 5.84 Å². The Labute approximate surface area is 179 Å². The SMILES string of the molecule is CCC.CCc1ccc(O)c(/C(=N/NC=S)N(C)c2ccc3[nH]c(=O)sc3c2)c1. The van der Waals surface area contributed by atoms with E-state index in [0.29, 0.717) is 11.4 Å². The van der Waals surface area contributed by atoms with E-state index in [4.69, 9.17) is 12.2 Å².